The van der Waals surface area contributed by atoms with E-state index in [2.05, 4.69) is 5.32 Å². The van der Waals surface area contributed by atoms with Crippen molar-refractivity contribution in [2.24, 2.45) is 0 Å². The van der Waals surface area contributed by atoms with Crippen LogP contribution in [0.25, 0.3) is 0 Å². The number of rotatable bonds is 4. The van der Waals surface area contributed by atoms with Crippen molar-refractivity contribution in [1.29, 1.82) is 0 Å². The van der Waals surface area contributed by atoms with E-state index in [1.807, 2.05) is 4.90 Å². The minimum absolute atomic E-state index is 0.306. The van der Waals surface area contributed by atoms with Gasteiger partial charge in [0.2, 0.25) is 5.91 Å². The lowest BCUT2D eigenvalue weighted by Crippen LogP contribution is -2.39. The van der Waals surface area contributed by atoms with Gasteiger partial charge in [0.1, 0.15) is 0 Å². The molecular weight excluding hydrogens is 204 g/mol. The van der Waals surface area contributed by atoms with Gasteiger partial charge in [-0.15, -0.1) is 0 Å². The molecule has 4 heteroatoms. The van der Waals surface area contributed by atoms with Gasteiger partial charge in [0, 0.05) is 19.5 Å². The van der Waals surface area contributed by atoms with Crippen molar-refractivity contribution in [3.8, 4) is 0 Å². The van der Waals surface area contributed by atoms with E-state index in [9.17, 15) is 4.79 Å². The fourth-order valence-electron chi connectivity index (χ4n) is 2.39. The summed E-state index contributed by atoms with van der Waals surface area (Å²) in [5.74, 6) is 0.306. The Labute approximate surface area is 97.3 Å². The van der Waals surface area contributed by atoms with Crippen LogP contribution in [0, 0.1) is 0 Å². The summed E-state index contributed by atoms with van der Waals surface area (Å²) in [4.78, 5) is 13.5. The molecule has 2 saturated heterocycles. The van der Waals surface area contributed by atoms with Crippen LogP contribution in [-0.4, -0.2) is 49.7 Å². The van der Waals surface area contributed by atoms with Gasteiger partial charge in [-0.1, -0.05) is 0 Å². The zero-order valence-corrected chi connectivity index (χ0v) is 9.91. The summed E-state index contributed by atoms with van der Waals surface area (Å²) in [6.45, 7) is 4.54. The van der Waals surface area contributed by atoms with Gasteiger partial charge >= 0.3 is 0 Å². The van der Waals surface area contributed by atoms with E-state index in [-0.39, 0.29) is 0 Å². The van der Waals surface area contributed by atoms with E-state index in [1.54, 1.807) is 0 Å². The Morgan fingerprint density at radius 1 is 1.31 bits per heavy atom. The maximum absolute atomic E-state index is 11.5. The summed E-state index contributed by atoms with van der Waals surface area (Å²) in [5, 5.41) is 3.32. The summed E-state index contributed by atoms with van der Waals surface area (Å²) in [6.07, 6.45) is 5.56. The van der Waals surface area contributed by atoms with Gasteiger partial charge in [0.25, 0.3) is 0 Å². The Hall–Kier alpha value is -0.610. The maximum Gasteiger partial charge on any atom is 0.222 e. The molecule has 0 unspecified atom stereocenters. The number of ether oxygens (including phenoxy) is 1. The highest BCUT2D eigenvalue weighted by atomic mass is 16.5. The molecule has 0 bridgehead atoms. The Balaban J connectivity index is 1.61. The largest absolute Gasteiger partial charge is 0.376 e. The van der Waals surface area contributed by atoms with E-state index in [0.29, 0.717) is 18.6 Å². The quantitative estimate of drug-likeness (QED) is 0.770. The first-order valence-corrected chi connectivity index (χ1v) is 6.46. The Kier molecular flexibility index (Phi) is 4.60. The number of hydrogen-bond donors (Lipinski definition) is 1. The van der Waals surface area contributed by atoms with Gasteiger partial charge < -0.3 is 15.0 Å². The lowest BCUT2D eigenvalue weighted by Gasteiger charge is -2.28. The first-order chi connectivity index (χ1) is 7.86. The molecule has 0 aromatic heterocycles. The minimum Gasteiger partial charge on any atom is -0.376 e. The van der Waals surface area contributed by atoms with Gasteiger partial charge in [-0.2, -0.15) is 0 Å². The third-order valence-electron chi connectivity index (χ3n) is 3.42. The molecule has 92 valence electrons. The van der Waals surface area contributed by atoms with Gasteiger partial charge in [0.15, 0.2) is 0 Å². The van der Waals surface area contributed by atoms with Gasteiger partial charge in [0.05, 0.1) is 12.7 Å². The van der Waals surface area contributed by atoms with Gasteiger partial charge in [-0.05, 0) is 38.8 Å². The summed E-state index contributed by atoms with van der Waals surface area (Å²) in [5.41, 5.74) is 0. The molecule has 2 aliphatic heterocycles. The van der Waals surface area contributed by atoms with Crippen molar-refractivity contribution in [3.05, 3.63) is 0 Å². The van der Waals surface area contributed by atoms with Crippen LogP contribution < -0.4 is 5.32 Å². The van der Waals surface area contributed by atoms with Crippen LogP contribution in [0.4, 0.5) is 0 Å². The molecule has 2 rings (SSSR count). The zero-order valence-electron chi connectivity index (χ0n) is 9.91. The van der Waals surface area contributed by atoms with Crippen LogP contribution in [0.3, 0.4) is 0 Å². The average Bonchev–Trinajstić information content (AvgIpc) is 2.33. The predicted octanol–water partition coefficient (Wildman–Crippen LogP) is 0.767. The Morgan fingerprint density at radius 2 is 2.12 bits per heavy atom. The van der Waals surface area contributed by atoms with Gasteiger partial charge in [-0.3, -0.25) is 4.79 Å². The van der Waals surface area contributed by atoms with Crippen molar-refractivity contribution in [3.63, 3.8) is 0 Å². The van der Waals surface area contributed by atoms with Crippen molar-refractivity contribution >= 4 is 5.91 Å². The molecule has 0 saturated carbocycles. The number of carbonyl (C=O) groups is 1. The Morgan fingerprint density at radius 3 is 2.88 bits per heavy atom. The van der Waals surface area contributed by atoms with Crippen LogP contribution in [0.15, 0.2) is 0 Å². The monoisotopic (exact) mass is 226 g/mol. The fourth-order valence-corrected chi connectivity index (χ4v) is 2.39. The van der Waals surface area contributed by atoms with Crippen LogP contribution in [0.2, 0.25) is 0 Å². The van der Waals surface area contributed by atoms with Crippen molar-refractivity contribution in [2.75, 3.05) is 32.8 Å². The number of nitrogens with one attached hydrogen (secondary N) is 1. The molecule has 1 amide bonds. The molecule has 2 fully saturated rings. The second-order valence-electron chi connectivity index (χ2n) is 4.66. The molecule has 0 radical (unpaired) electrons. The molecular formula is C12H22N2O2. The topological polar surface area (TPSA) is 41.6 Å². The van der Waals surface area contributed by atoms with Crippen LogP contribution in [0.1, 0.15) is 32.1 Å². The summed E-state index contributed by atoms with van der Waals surface area (Å²) < 4.78 is 5.80. The van der Waals surface area contributed by atoms with Crippen molar-refractivity contribution in [2.45, 2.75) is 38.2 Å². The predicted molar refractivity (Wildman–Crippen MR) is 62.3 cm³/mol. The maximum atomic E-state index is 11.5. The lowest BCUT2D eigenvalue weighted by molar-refractivity contribution is -0.134. The number of hydrogen-bond acceptors (Lipinski definition) is 3. The molecule has 1 N–H and O–H groups in total. The highest BCUT2D eigenvalue weighted by Crippen LogP contribution is 2.11. The van der Waals surface area contributed by atoms with Crippen molar-refractivity contribution in [1.82, 2.24) is 10.2 Å². The van der Waals surface area contributed by atoms with E-state index < -0.39 is 0 Å². The molecule has 0 aliphatic carbocycles. The van der Waals surface area contributed by atoms with Gasteiger partial charge in [-0.25, -0.2) is 0 Å². The first kappa shape index (κ1) is 11.9. The molecule has 0 aromatic rings. The normalized spacial score (nSPS) is 23.8. The molecule has 2 heterocycles. The summed E-state index contributed by atoms with van der Waals surface area (Å²) in [7, 11) is 0. The van der Waals surface area contributed by atoms with Crippen molar-refractivity contribution < 1.29 is 9.53 Å². The van der Waals surface area contributed by atoms with Crippen LogP contribution in [0.5, 0.6) is 0 Å². The lowest BCUT2D eigenvalue weighted by atomic mass is 10.1. The molecule has 0 aromatic carbocycles. The third kappa shape index (κ3) is 3.46. The minimum atomic E-state index is 0.306. The summed E-state index contributed by atoms with van der Waals surface area (Å²) in [6, 6.07) is 0. The number of nitrogens with zero attached hydrogens (tertiary/aromatic N) is 1. The second kappa shape index (κ2) is 6.21. The highest BCUT2D eigenvalue weighted by molar-refractivity contribution is 5.76. The molecule has 4 nitrogen and oxygen atoms in total. The first-order valence-electron chi connectivity index (χ1n) is 6.46. The average molecular weight is 226 g/mol. The number of carbonyl (C=O) groups excluding carboxylic acids is 1. The van der Waals surface area contributed by atoms with E-state index >= 15 is 0 Å². The molecule has 0 atom stereocenters. The SMILES string of the molecule is O=C1CCCCN1CCOC1CCNCC1. The smallest absolute Gasteiger partial charge is 0.222 e. The van der Waals surface area contributed by atoms with E-state index in [0.717, 1.165) is 58.3 Å². The van der Waals surface area contributed by atoms with Crippen LogP contribution in [-0.2, 0) is 9.53 Å². The third-order valence-corrected chi connectivity index (χ3v) is 3.42. The summed E-state index contributed by atoms with van der Waals surface area (Å²) >= 11 is 0. The number of likely N-dealkylation sites (tertiary alicyclic amines) is 1. The molecule has 16 heavy (non-hydrogen) atoms. The van der Waals surface area contributed by atoms with Crippen LogP contribution >= 0.6 is 0 Å². The van der Waals surface area contributed by atoms with E-state index in [1.165, 1.54) is 0 Å². The fraction of sp³-hybridized carbons (Fsp3) is 0.917. The zero-order chi connectivity index (χ0) is 11.2. The van der Waals surface area contributed by atoms with E-state index in [4.69, 9.17) is 4.74 Å². The Bertz CT molecular complexity index is 227. The highest BCUT2D eigenvalue weighted by Gasteiger charge is 2.18. The molecule has 0 spiro atoms. The second-order valence-corrected chi connectivity index (χ2v) is 4.66. The number of amides is 1. The molecule has 2 aliphatic rings. The standard InChI is InChI=1S/C12H22N2O2/c15-12-3-1-2-8-14(12)9-10-16-11-4-6-13-7-5-11/h11,13H,1-10H2. The number of piperidine rings is 2.